The highest BCUT2D eigenvalue weighted by Gasteiger charge is 2.28. The van der Waals surface area contributed by atoms with Crippen LogP contribution in [0.1, 0.15) is 16.7 Å². The lowest BCUT2D eigenvalue weighted by Crippen LogP contribution is -2.40. The van der Waals surface area contributed by atoms with Crippen molar-refractivity contribution in [2.24, 2.45) is 0 Å². The fourth-order valence-electron chi connectivity index (χ4n) is 3.73. The van der Waals surface area contributed by atoms with Crippen LogP contribution in [0.5, 0.6) is 0 Å². The zero-order valence-electron chi connectivity index (χ0n) is 15.2. The predicted octanol–water partition coefficient (Wildman–Crippen LogP) is 4.45. The fourth-order valence-corrected chi connectivity index (χ4v) is 3.73. The number of anilines is 1. The molecule has 3 rings (SSSR count). The minimum Gasteiger partial charge on any atom is -0.304 e. The first-order valence-electron chi connectivity index (χ1n) is 8.52. The van der Waals surface area contributed by atoms with Gasteiger partial charge in [-0.1, -0.05) is 65.6 Å². The summed E-state index contributed by atoms with van der Waals surface area (Å²) in [5.41, 5.74) is 7.43. The first-order chi connectivity index (χ1) is 12.1. The molecular formula is C22H23BN2. The molecule has 1 aromatic heterocycles. The van der Waals surface area contributed by atoms with E-state index in [-0.39, 0.29) is 6.71 Å². The molecule has 0 bridgehead atoms. The summed E-state index contributed by atoms with van der Waals surface area (Å²) in [6.45, 7) is 14.8. The molecule has 2 aromatic rings. The number of hydrogen-bond donors (Lipinski definition) is 0. The summed E-state index contributed by atoms with van der Waals surface area (Å²) in [5.74, 6) is 3.10. The van der Waals surface area contributed by atoms with Gasteiger partial charge in [0.2, 0.25) is 6.71 Å². The van der Waals surface area contributed by atoms with E-state index in [2.05, 4.69) is 68.1 Å². The number of aryl methyl sites for hydroxylation is 3. The SMILES string of the molecule is C=CC1=C(C=C)N(c2ccccn2)C=CB1c1c(C)cc(C)cc1C. The van der Waals surface area contributed by atoms with Gasteiger partial charge in [0.05, 0.1) is 0 Å². The van der Waals surface area contributed by atoms with Crippen molar-refractivity contribution in [2.75, 3.05) is 4.90 Å². The second kappa shape index (κ2) is 6.98. The van der Waals surface area contributed by atoms with Gasteiger partial charge in [-0.2, -0.15) is 0 Å². The van der Waals surface area contributed by atoms with Crippen LogP contribution in [0, 0.1) is 20.8 Å². The van der Waals surface area contributed by atoms with E-state index in [0.29, 0.717) is 0 Å². The van der Waals surface area contributed by atoms with E-state index in [0.717, 1.165) is 17.0 Å². The van der Waals surface area contributed by atoms with Crippen molar-refractivity contribution in [1.29, 1.82) is 0 Å². The molecule has 0 aliphatic carbocycles. The standard InChI is InChI=1S/C22H23BN2/c1-6-19-20(7-2)25(21-10-8-9-12-24-21)13-11-23(19)22-17(4)14-16(3)15-18(22)5/h6-15H,1-2H2,3-5H3. The van der Waals surface area contributed by atoms with Crippen LogP contribution in [-0.2, 0) is 0 Å². The Labute approximate surface area is 151 Å². The molecule has 1 aliphatic heterocycles. The van der Waals surface area contributed by atoms with E-state index in [4.69, 9.17) is 0 Å². The Morgan fingerprint density at radius 3 is 2.32 bits per heavy atom. The highest BCUT2D eigenvalue weighted by Crippen LogP contribution is 2.27. The Morgan fingerprint density at radius 1 is 1.04 bits per heavy atom. The molecule has 2 heterocycles. The maximum atomic E-state index is 4.47. The maximum absolute atomic E-state index is 4.47. The summed E-state index contributed by atoms with van der Waals surface area (Å²) in [4.78, 5) is 6.54. The molecule has 1 aliphatic rings. The van der Waals surface area contributed by atoms with E-state index in [1.54, 1.807) is 6.20 Å². The van der Waals surface area contributed by atoms with Crippen LogP contribution >= 0.6 is 0 Å². The third kappa shape index (κ3) is 3.10. The Kier molecular flexibility index (Phi) is 4.75. The molecule has 0 saturated carbocycles. The smallest absolute Gasteiger partial charge is 0.238 e. The molecule has 3 heteroatoms. The Hall–Kier alpha value is -2.81. The lowest BCUT2D eigenvalue weighted by molar-refractivity contribution is 1.12. The van der Waals surface area contributed by atoms with Crippen molar-refractivity contribution in [3.05, 3.63) is 102 Å². The van der Waals surface area contributed by atoms with Gasteiger partial charge in [0.1, 0.15) is 5.82 Å². The van der Waals surface area contributed by atoms with E-state index in [9.17, 15) is 0 Å². The molecule has 124 valence electrons. The predicted molar refractivity (Wildman–Crippen MR) is 109 cm³/mol. The zero-order valence-corrected chi connectivity index (χ0v) is 15.2. The van der Waals surface area contributed by atoms with Crippen molar-refractivity contribution in [3.8, 4) is 0 Å². The van der Waals surface area contributed by atoms with Gasteiger partial charge in [0, 0.05) is 11.9 Å². The van der Waals surface area contributed by atoms with Gasteiger partial charge in [-0.05, 0) is 50.7 Å². The summed E-state index contributed by atoms with van der Waals surface area (Å²) in [5, 5.41) is 0. The molecule has 0 radical (unpaired) electrons. The first-order valence-corrected chi connectivity index (χ1v) is 8.52. The average Bonchev–Trinajstić information content (AvgIpc) is 2.61. The fraction of sp³-hybridized carbons (Fsp3) is 0.136. The van der Waals surface area contributed by atoms with Crippen LogP contribution in [0.25, 0.3) is 0 Å². The maximum Gasteiger partial charge on any atom is 0.238 e. The van der Waals surface area contributed by atoms with E-state index >= 15 is 0 Å². The molecule has 0 saturated heterocycles. The number of aromatic nitrogens is 1. The minimum absolute atomic E-state index is 0.172. The average molecular weight is 326 g/mol. The van der Waals surface area contributed by atoms with Crippen molar-refractivity contribution >= 4 is 18.0 Å². The topological polar surface area (TPSA) is 16.1 Å². The quantitative estimate of drug-likeness (QED) is 0.772. The highest BCUT2D eigenvalue weighted by atomic mass is 15.2. The van der Waals surface area contributed by atoms with Crippen LogP contribution in [0.2, 0.25) is 0 Å². The third-order valence-corrected chi connectivity index (χ3v) is 4.68. The van der Waals surface area contributed by atoms with Gasteiger partial charge in [-0.25, -0.2) is 4.98 Å². The van der Waals surface area contributed by atoms with Crippen LogP contribution in [0.3, 0.4) is 0 Å². The number of allylic oxidation sites excluding steroid dienone is 3. The summed E-state index contributed by atoms with van der Waals surface area (Å²) in [7, 11) is 0. The molecule has 1 aromatic carbocycles. The summed E-state index contributed by atoms with van der Waals surface area (Å²) in [6, 6.07) is 10.4. The Morgan fingerprint density at radius 2 is 1.76 bits per heavy atom. The minimum atomic E-state index is 0.172. The molecule has 0 atom stereocenters. The van der Waals surface area contributed by atoms with Gasteiger partial charge in [0.25, 0.3) is 0 Å². The van der Waals surface area contributed by atoms with Gasteiger partial charge < -0.3 is 4.90 Å². The molecule has 2 nitrogen and oxygen atoms in total. The summed E-state index contributed by atoms with van der Waals surface area (Å²) in [6.07, 6.45) is 7.73. The zero-order chi connectivity index (χ0) is 18.0. The van der Waals surface area contributed by atoms with Gasteiger partial charge >= 0.3 is 0 Å². The second-order valence-electron chi connectivity index (χ2n) is 6.44. The van der Waals surface area contributed by atoms with Crippen molar-refractivity contribution in [1.82, 2.24) is 4.98 Å². The van der Waals surface area contributed by atoms with Crippen molar-refractivity contribution in [3.63, 3.8) is 0 Å². The first kappa shape index (κ1) is 17.0. The van der Waals surface area contributed by atoms with E-state index in [1.807, 2.05) is 30.4 Å². The van der Waals surface area contributed by atoms with E-state index in [1.165, 1.54) is 22.2 Å². The monoisotopic (exact) mass is 326 g/mol. The van der Waals surface area contributed by atoms with Crippen LogP contribution in [-0.4, -0.2) is 11.7 Å². The number of pyridine rings is 1. The highest BCUT2D eigenvalue weighted by molar-refractivity contribution is 6.85. The molecule has 0 spiro atoms. The van der Waals surface area contributed by atoms with Gasteiger partial charge in [-0.15, -0.1) is 0 Å². The number of benzene rings is 1. The summed E-state index contributed by atoms with van der Waals surface area (Å²) < 4.78 is 0. The molecule has 25 heavy (non-hydrogen) atoms. The molecular weight excluding hydrogens is 303 g/mol. The third-order valence-electron chi connectivity index (χ3n) is 4.68. The second-order valence-corrected chi connectivity index (χ2v) is 6.44. The number of hydrogen-bond acceptors (Lipinski definition) is 2. The normalized spacial score (nSPS) is 14.0. The van der Waals surface area contributed by atoms with Gasteiger partial charge in [0.15, 0.2) is 0 Å². The molecule has 0 N–H and O–H groups in total. The molecule has 0 unspecified atom stereocenters. The number of rotatable bonds is 4. The lowest BCUT2D eigenvalue weighted by atomic mass is 9.37. The van der Waals surface area contributed by atoms with Gasteiger partial charge in [-0.3, -0.25) is 0 Å². The van der Waals surface area contributed by atoms with E-state index < -0.39 is 0 Å². The Balaban J connectivity index is 2.15. The van der Waals surface area contributed by atoms with Crippen LogP contribution in [0.15, 0.2) is 85.2 Å². The van der Waals surface area contributed by atoms with Crippen molar-refractivity contribution in [2.45, 2.75) is 20.8 Å². The van der Waals surface area contributed by atoms with Crippen LogP contribution in [0.4, 0.5) is 5.82 Å². The lowest BCUT2D eigenvalue weighted by Gasteiger charge is -2.30. The van der Waals surface area contributed by atoms with Crippen LogP contribution < -0.4 is 10.4 Å². The largest absolute Gasteiger partial charge is 0.304 e. The molecule has 0 fully saturated rings. The molecule has 0 amide bonds. The van der Waals surface area contributed by atoms with Crippen molar-refractivity contribution < 1.29 is 0 Å². The summed E-state index contributed by atoms with van der Waals surface area (Å²) >= 11 is 0. The Bertz CT molecular complexity index is 855. The number of nitrogens with zero attached hydrogens (tertiary/aromatic N) is 2.